The molecular weight excluding hydrogens is 243 g/mol. The maximum Gasteiger partial charge on any atom is 0.393 e. The number of nitrogens with one attached hydrogen (secondary N) is 1. The molecule has 16 heavy (non-hydrogen) atoms. The molecule has 0 aromatic heterocycles. The molecule has 3 unspecified atom stereocenters. The fourth-order valence-corrected chi connectivity index (χ4v) is 3.40. The Balaban J connectivity index is 2.06. The first-order valence-electron chi connectivity index (χ1n) is 4.77. The van der Waals surface area contributed by atoms with Crippen molar-refractivity contribution in [2.45, 2.75) is 30.5 Å². The first-order valence-corrected chi connectivity index (χ1v) is 5.65. The molecule has 3 nitrogen and oxygen atoms in total. The van der Waals surface area contributed by atoms with E-state index in [9.17, 15) is 23.1 Å². The van der Waals surface area contributed by atoms with E-state index < -0.39 is 24.7 Å². The van der Waals surface area contributed by atoms with Crippen LogP contribution in [0.25, 0.3) is 0 Å². The van der Waals surface area contributed by atoms with Crippen molar-refractivity contribution in [3.8, 4) is 0 Å². The zero-order valence-electron chi connectivity index (χ0n) is 8.12. The van der Waals surface area contributed by atoms with Crippen LogP contribution in [0.1, 0.15) is 12.8 Å². The lowest BCUT2D eigenvalue weighted by Crippen LogP contribution is -2.48. The highest BCUT2D eigenvalue weighted by molar-refractivity contribution is 8.04. The van der Waals surface area contributed by atoms with E-state index in [-0.39, 0.29) is 22.5 Å². The lowest BCUT2D eigenvalue weighted by Gasteiger charge is -2.29. The Bertz CT molecular complexity index is 342. The van der Waals surface area contributed by atoms with Crippen LogP contribution in [0.4, 0.5) is 13.2 Å². The third-order valence-corrected chi connectivity index (χ3v) is 3.91. The molecule has 7 heteroatoms. The number of amides is 1. The van der Waals surface area contributed by atoms with E-state index in [1.165, 1.54) is 6.08 Å². The molecule has 0 aromatic rings. The third-order valence-electron chi connectivity index (χ3n) is 2.55. The van der Waals surface area contributed by atoms with Crippen molar-refractivity contribution in [1.29, 1.82) is 0 Å². The van der Waals surface area contributed by atoms with E-state index in [4.69, 9.17) is 0 Å². The van der Waals surface area contributed by atoms with Crippen LogP contribution in [0, 0.1) is 5.92 Å². The second-order valence-corrected chi connectivity index (χ2v) is 5.24. The number of fused-ring (bicyclic) bond motifs is 1. The molecule has 0 aromatic carbocycles. The lowest BCUT2D eigenvalue weighted by atomic mass is 9.96. The van der Waals surface area contributed by atoms with E-state index in [1.807, 2.05) is 0 Å². The van der Waals surface area contributed by atoms with E-state index >= 15 is 0 Å². The second kappa shape index (κ2) is 3.96. The molecule has 0 saturated carbocycles. The Morgan fingerprint density at radius 2 is 2.25 bits per heavy atom. The molecule has 2 N–H and O–H groups in total. The highest BCUT2D eigenvalue weighted by Gasteiger charge is 2.42. The number of carbonyl (C=O) groups is 1. The average Bonchev–Trinajstić information content (AvgIpc) is 2.43. The monoisotopic (exact) mass is 253 g/mol. The number of allylic oxidation sites excluding steroid dienone is 1. The van der Waals surface area contributed by atoms with E-state index in [1.54, 1.807) is 0 Å². The van der Waals surface area contributed by atoms with E-state index in [2.05, 4.69) is 5.32 Å². The number of hydrogen-bond donors (Lipinski definition) is 2. The van der Waals surface area contributed by atoms with Gasteiger partial charge in [0.25, 0.3) is 0 Å². The highest BCUT2D eigenvalue weighted by Crippen LogP contribution is 2.45. The topological polar surface area (TPSA) is 49.3 Å². The Hall–Kier alpha value is -0.690. The summed E-state index contributed by atoms with van der Waals surface area (Å²) >= 11 is 1.05. The molecule has 1 fully saturated rings. The number of alkyl halides is 3. The minimum Gasteiger partial charge on any atom is -0.373 e. The Morgan fingerprint density at radius 1 is 1.56 bits per heavy atom. The van der Waals surface area contributed by atoms with Gasteiger partial charge in [0.15, 0.2) is 0 Å². The maximum absolute atomic E-state index is 12.2. The summed E-state index contributed by atoms with van der Waals surface area (Å²) in [6, 6.07) is 0. The van der Waals surface area contributed by atoms with Gasteiger partial charge in [-0.05, 0) is 4.91 Å². The van der Waals surface area contributed by atoms with Gasteiger partial charge in [0.2, 0.25) is 5.91 Å². The van der Waals surface area contributed by atoms with Gasteiger partial charge in [0.05, 0.1) is 6.42 Å². The number of aliphatic hydroxyl groups is 1. The molecule has 1 saturated heterocycles. The number of piperidine rings is 1. The van der Waals surface area contributed by atoms with Crippen molar-refractivity contribution >= 4 is 17.7 Å². The smallest absolute Gasteiger partial charge is 0.373 e. The van der Waals surface area contributed by atoms with Crippen LogP contribution in [0.15, 0.2) is 11.0 Å². The molecular formula is C9H10F3NO2S. The Labute approximate surface area is 94.1 Å². The fraction of sp³-hybridized carbons (Fsp3) is 0.667. The van der Waals surface area contributed by atoms with Crippen LogP contribution < -0.4 is 5.32 Å². The fourth-order valence-electron chi connectivity index (χ4n) is 1.91. The van der Waals surface area contributed by atoms with Crippen molar-refractivity contribution in [2.75, 3.05) is 0 Å². The van der Waals surface area contributed by atoms with Crippen molar-refractivity contribution in [3.63, 3.8) is 0 Å². The van der Waals surface area contributed by atoms with E-state index in [0.717, 1.165) is 11.8 Å². The maximum atomic E-state index is 12.2. The number of hydrogen-bond acceptors (Lipinski definition) is 3. The number of thioether (sulfide) groups is 1. The minimum atomic E-state index is -4.24. The molecule has 2 rings (SSSR count). The summed E-state index contributed by atoms with van der Waals surface area (Å²) in [6.07, 6.45) is -4.71. The van der Waals surface area contributed by atoms with Gasteiger partial charge in [-0.1, -0.05) is 6.08 Å². The van der Waals surface area contributed by atoms with Gasteiger partial charge in [-0.15, -0.1) is 11.8 Å². The zero-order chi connectivity index (χ0) is 11.9. The van der Waals surface area contributed by atoms with Gasteiger partial charge in [-0.2, -0.15) is 13.2 Å². The van der Waals surface area contributed by atoms with Gasteiger partial charge in [-0.3, -0.25) is 4.79 Å². The number of aliphatic hydroxyl groups excluding tert-OH is 1. The second-order valence-electron chi connectivity index (χ2n) is 3.88. The van der Waals surface area contributed by atoms with Crippen LogP contribution in [-0.2, 0) is 4.79 Å². The summed E-state index contributed by atoms with van der Waals surface area (Å²) in [5, 5.41) is 11.5. The Kier molecular flexibility index (Phi) is 2.91. The molecule has 2 aliphatic rings. The zero-order valence-corrected chi connectivity index (χ0v) is 8.94. The summed E-state index contributed by atoms with van der Waals surface area (Å²) in [4.78, 5) is 11.3. The molecule has 0 bridgehead atoms. The SMILES string of the molecule is O=C1CC2SC(CC(F)(F)F)=CC2C(O)N1. The van der Waals surface area contributed by atoms with Gasteiger partial charge in [0.1, 0.15) is 6.23 Å². The summed E-state index contributed by atoms with van der Waals surface area (Å²) in [6.45, 7) is 0. The molecule has 2 aliphatic heterocycles. The molecule has 0 radical (unpaired) electrons. The van der Waals surface area contributed by atoms with Crippen LogP contribution >= 0.6 is 11.8 Å². The number of rotatable bonds is 1. The molecule has 90 valence electrons. The van der Waals surface area contributed by atoms with Gasteiger partial charge in [-0.25, -0.2) is 0 Å². The van der Waals surface area contributed by atoms with E-state index in [0.29, 0.717) is 0 Å². The summed E-state index contributed by atoms with van der Waals surface area (Å²) in [5.41, 5.74) is 0. The van der Waals surface area contributed by atoms with Crippen molar-refractivity contribution in [3.05, 3.63) is 11.0 Å². The molecule has 1 amide bonds. The summed E-state index contributed by atoms with van der Waals surface area (Å²) in [5.74, 6) is -0.719. The molecule has 0 aliphatic carbocycles. The quantitative estimate of drug-likeness (QED) is 0.742. The van der Waals surface area contributed by atoms with Gasteiger partial charge in [0, 0.05) is 17.6 Å². The van der Waals surface area contributed by atoms with Gasteiger partial charge < -0.3 is 10.4 Å². The average molecular weight is 253 g/mol. The van der Waals surface area contributed by atoms with Crippen LogP contribution in [0.2, 0.25) is 0 Å². The number of halogens is 3. The molecule has 2 heterocycles. The number of carbonyl (C=O) groups excluding carboxylic acids is 1. The van der Waals surface area contributed by atoms with Crippen molar-refractivity contribution < 1.29 is 23.1 Å². The minimum absolute atomic E-state index is 0.157. The predicted molar refractivity (Wildman–Crippen MR) is 52.4 cm³/mol. The standard InChI is InChI=1S/C9H10F3NO2S/c10-9(11,12)3-4-1-5-6(16-4)2-7(14)13-8(5)15/h1,5-6,8,15H,2-3H2,(H,13,14). The lowest BCUT2D eigenvalue weighted by molar-refractivity contribution is -0.128. The highest BCUT2D eigenvalue weighted by atomic mass is 32.2. The first kappa shape index (κ1) is 11.8. The van der Waals surface area contributed by atoms with Crippen LogP contribution in [0.3, 0.4) is 0 Å². The molecule has 3 atom stereocenters. The van der Waals surface area contributed by atoms with Crippen molar-refractivity contribution in [2.24, 2.45) is 5.92 Å². The Morgan fingerprint density at radius 3 is 2.88 bits per heavy atom. The summed E-state index contributed by atoms with van der Waals surface area (Å²) in [7, 11) is 0. The first-order chi connectivity index (χ1) is 7.35. The van der Waals surface area contributed by atoms with Gasteiger partial charge >= 0.3 is 6.18 Å². The predicted octanol–water partition coefficient (Wildman–Crippen LogP) is 1.39. The third kappa shape index (κ3) is 2.52. The normalized spacial score (nSPS) is 34.4. The molecule has 0 spiro atoms. The largest absolute Gasteiger partial charge is 0.393 e. The van der Waals surface area contributed by atoms with Crippen molar-refractivity contribution in [1.82, 2.24) is 5.32 Å². The van der Waals surface area contributed by atoms with Crippen LogP contribution in [-0.4, -0.2) is 28.7 Å². The summed E-state index contributed by atoms with van der Waals surface area (Å²) < 4.78 is 36.5. The van der Waals surface area contributed by atoms with Crippen LogP contribution in [0.5, 0.6) is 0 Å².